The van der Waals surface area contributed by atoms with E-state index in [1.54, 1.807) is 12.1 Å². The van der Waals surface area contributed by atoms with Gasteiger partial charge in [-0.3, -0.25) is 14.5 Å². The normalized spacial score (nSPS) is 20.5. The molecule has 2 aliphatic heterocycles. The first-order valence-electron chi connectivity index (χ1n) is 14.1. The molecule has 3 aromatic rings. The Morgan fingerprint density at radius 3 is 2.27 bits per heavy atom. The van der Waals surface area contributed by atoms with E-state index in [9.17, 15) is 18.4 Å². The SMILES string of the molecule is CC(C)(C)N1CC(c2ccc(F)cc2F)[C@H](C(=O)N2CCC(c3cccc(NC(=O)c4ccccc4)c3)CC2)C1. The molecule has 3 aromatic carbocycles. The van der Waals surface area contributed by atoms with Gasteiger partial charge in [-0.2, -0.15) is 0 Å². The molecule has 210 valence electrons. The fraction of sp³-hybridized carbons (Fsp3) is 0.394. The van der Waals surface area contributed by atoms with Gasteiger partial charge in [0.15, 0.2) is 0 Å². The average molecular weight is 546 g/mol. The lowest BCUT2D eigenvalue weighted by atomic mass is 9.85. The molecule has 0 spiro atoms. The minimum absolute atomic E-state index is 0.0443. The molecule has 2 aliphatic rings. The van der Waals surface area contributed by atoms with Crippen LogP contribution in [-0.2, 0) is 4.79 Å². The van der Waals surface area contributed by atoms with Gasteiger partial charge in [0, 0.05) is 55.0 Å². The van der Waals surface area contributed by atoms with Crippen LogP contribution in [0.5, 0.6) is 0 Å². The molecule has 0 radical (unpaired) electrons. The molecule has 2 atom stereocenters. The maximum Gasteiger partial charge on any atom is 0.255 e. The van der Waals surface area contributed by atoms with Crippen molar-refractivity contribution >= 4 is 17.5 Å². The highest BCUT2D eigenvalue weighted by molar-refractivity contribution is 6.04. The summed E-state index contributed by atoms with van der Waals surface area (Å²) in [5.41, 5.74) is 2.75. The predicted octanol–water partition coefficient (Wildman–Crippen LogP) is 6.44. The zero-order chi connectivity index (χ0) is 28.4. The van der Waals surface area contributed by atoms with Crippen LogP contribution in [0.1, 0.15) is 66.9 Å². The number of benzene rings is 3. The number of carbonyl (C=O) groups excluding carboxylic acids is 2. The quantitative estimate of drug-likeness (QED) is 0.402. The molecule has 1 N–H and O–H groups in total. The van der Waals surface area contributed by atoms with Gasteiger partial charge in [0.25, 0.3) is 5.91 Å². The Morgan fingerprint density at radius 2 is 1.60 bits per heavy atom. The van der Waals surface area contributed by atoms with Crippen LogP contribution in [0.2, 0.25) is 0 Å². The van der Waals surface area contributed by atoms with E-state index >= 15 is 0 Å². The van der Waals surface area contributed by atoms with Crippen LogP contribution < -0.4 is 5.32 Å². The van der Waals surface area contributed by atoms with E-state index in [0.717, 1.165) is 30.2 Å². The molecular formula is C33H37F2N3O2. The summed E-state index contributed by atoms with van der Waals surface area (Å²) in [4.78, 5) is 30.6. The van der Waals surface area contributed by atoms with Crippen LogP contribution in [0, 0.1) is 17.6 Å². The molecule has 2 saturated heterocycles. The second-order valence-electron chi connectivity index (χ2n) is 12.0. The minimum Gasteiger partial charge on any atom is -0.342 e. The van der Waals surface area contributed by atoms with Gasteiger partial charge in [-0.15, -0.1) is 0 Å². The van der Waals surface area contributed by atoms with Gasteiger partial charge in [0.2, 0.25) is 5.91 Å². The molecule has 5 nitrogen and oxygen atoms in total. The Kier molecular flexibility index (Phi) is 8.04. The molecule has 0 aliphatic carbocycles. The number of amides is 2. The summed E-state index contributed by atoms with van der Waals surface area (Å²) in [5.74, 6) is -1.73. The highest BCUT2D eigenvalue weighted by Crippen LogP contribution is 2.39. The van der Waals surface area contributed by atoms with Crippen molar-refractivity contribution in [2.75, 3.05) is 31.5 Å². The smallest absolute Gasteiger partial charge is 0.255 e. The van der Waals surface area contributed by atoms with Crippen molar-refractivity contribution in [1.82, 2.24) is 9.80 Å². The van der Waals surface area contributed by atoms with E-state index < -0.39 is 11.6 Å². The van der Waals surface area contributed by atoms with Crippen molar-refractivity contribution in [2.24, 2.45) is 5.92 Å². The lowest BCUT2D eigenvalue weighted by Crippen LogP contribution is -2.44. The first-order chi connectivity index (χ1) is 19.1. The van der Waals surface area contributed by atoms with Gasteiger partial charge in [0.1, 0.15) is 11.6 Å². The summed E-state index contributed by atoms with van der Waals surface area (Å²) >= 11 is 0. The van der Waals surface area contributed by atoms with E-state index in [4.69, 9.17) is 0 Å². The second kappa shape index (κ2) is 11.5. The lowest BCUT2D eigenvalue weighted by molar-refractivity contribution is -0.136. The van der Waals surface area contributed by atoms with E-state index in [1.807, 2.05) is 41.3 Å². The third kappa shape index (κ3) is 6.09. The Hall–Kier alpha value is -3.58. The molecule has 2 heterocycles. The number of halogens is 2. The Morgan fingerprint density at radius 1 is 0.875 bits per heavy atom. The molecule has 2 amide bonds. The van der Waals surface area contributed by atoms with Crippen molar-refractivity contribution in [3.63, 3.8) is 0 Å². The molecule has 1 unspecified atom stereocenters. The summed E-state index contributed by atoms with van der Waals surface area (Å²) in [6, 6.07) is 20.8. The zero-order valence-corrected chi connectivity index (χ0v) is 23.4. The molecule has 5 rings (SSSR count). The van der Waals surface area contributed by atoms with Gasteiger partial charge in [-0.1, -0.05) is 36.4 Å². The van der Waals surface area contributed by atoms with Crippen LogP contribution in [0.25, 0.3) is 0 Å². The van der Waals surface area contributed by atoms with Crippen LogP contribution in [0.3, 0.4) is 0 Å². The highest BCUT2D eigenvalue weighted by atomic mass is 19.1. The average Bonchev–Trinajstić information content (AvgIpc) is 3.39. The number of rotatable bonds is 5. The molecule has 7 heteroatoms. The number of nitrogens with zero attached hydrogens (tertiary/aromatic N) is 2. The number of hydrogen-bond donors (Lipinski definition) is 1. The first kappa shape index (κ1) is 28.0. The third-order valence-corrected chi connectivity index (χ3v) is 8.41. The second-order valence-corrected chi connectivity index (χ2v) is 12.0. The Labute approximate surface area is 235 Å². The van der Waals surface area contributed by atoms with E-state index in [1.165, 1.54) is 12.1 Å². The van der Waals surface area contributed by atoms with Gasteiger partial charge >= 0.3 is 0 Å². The fourth-order valence-corrected chi connectivity index (χ4v) is 6.05. The van der Waals surface area contributed by atoms with Gasteiger partial charge in [0.05, 0.1) is 5.92 Å². The Bertz CT molecular complexity index is 1360. The number of likely N-dealkylation sites (tertiary alicyclic amines) is 2. The van der Waals surface area contributed by atoms with Crippen molar-refractivity contribution in [2.45, 2.75) is 51.0 Å². The van der Waals surface area contributed by atoms with E-state index in [2.05, 4.69) is 37.1 Å². The van der Waals surface area contributed by atoms with Crippen molar-refractivity contribution < 1.29 is 18.4 Å². The maximum atomic E-state index is 14.8. The van der Waals surface area contributed by atoms with Crippen LogP contribution in [0.4, 0.5) is 14.5 Å². The van der Waals surface area contributed by atoms with Gasteiger partial charge in [-0.05, 0) is 81.0 Å². The topological polar surface area (TPSA) is 52.7 Å². The third-order valence-electron chi connectivity index (χ3n) is 8.41. The van der Waals surface area contributed by atoms with Crippen molar-refractivity contribution in [1.29, 1.82) is 0 Å². The molecule has 0 saturated carbocycles. The van der Waals surface area contributed by atoms with E-state index in [0.29, 0.717) is 37.3 Å². The predicted molar refractivity (Wildman–Crippen MR) is 153 cm³/mol. The summed E-state index contributed by atoms with van der Waals surface area (Å²) in [7, 11) is 0. The minimum atomic E-state index is -0.611. The molecule has 40 heavy (non-hydrogen) atoms. The number of piperidine rings is 1. The zero-order valence-electron chi connectivity index (χ0n) is 23.4. The van der Waals surface area contributed by atoms with Gasteiger partial charge < -0.3 is 10.2 Å². The van der Waals surface area contributed by atoms with Crippen LogP contribution >= 0.6 is 0 Å². The van der Waals surface area contributed by atoms with Crippen molar-refractivity contribution in [3.8, 4) is 0 Å². The van der Waals surface area contributed by atoms with Crippen molar-refractivity contribution in [3.05, 3.63) is 101 Å². The number of anilines is 1. The molecule has 0 aromatic heterocycles. The molecule has 0 bridgehead atoms. The van der Waals surface area contributed by atoms with Gasteiger partial charge in [-0.25, -0.2) is 8.78 Å². The summed E-state index contributed by atoms with van der Waals surface area (Å²) in [5, 5.41) is 2.98. The number of hydrogen-bond acceptors (Lipinski definition) is 3. The van der Waals surface area contributed by atoms with Crippen LogP contribution in [-0.4, -0.2) is 53.3 Å². The lowest BCUT2D eigenvalue weighted by Gasteiger charge is -2.35. The largest absolute Gasteiger partial charge is 0.342 e. The summed E-state index contributed by atoms with van der Waals surface area (Å²) < 4.78 is 28.5. The molecule has 2 fully saturated rings. The monoisotopic (exact) mass is 545 g/mol. The van der Waals surface area contributed by atoms with E-state index in [-0.39, 0.29) is 35.1 Å². The first-order valence-corrected chi connectivity index (χ1v) is 14.1. The summed E-state index contributed by atoms with van der Waals surface area (Å²) in [6.07, 6.45) is 1.63. The van der Waals surface area contributed by atoms with Crippen LogP contribution in [0.15, 0.2) is 72.8 Å². The number of nitrogens with one attached hydrogen (secondary N) is 1. The Balaban J connectivity index is 1.26. The maximum absolute atomic E-state index is 14.8. The summed E-state index contributed by atoms with van der Waals surface area (Å²) in [6.45, 7) is 8.64. The highest BCUT2D eigenvalue weighted by Gasteiger charge is 2.44. The number of carbonyl (C=O) groups is 2. The standard InChI is InChI=1S/C33H37F2N3O2/c1-33(2,3)38-20-28(27-13-12-25(34)19-30(27)35)29(21-38)32(40)37-16-14-22(15-17-37)24-10-7-11-26(18-24)36-31(39)23-8-5-4-6-9-23/h4-13,18-19,22,28-29H,14-17,20-21H2,1-3H3,(H,36,39)/t28?,29-/m1/s1. The molecular weight excluding hydrogens is 508 g/mol. The fourth-order valence-electron chi connectivity index (χ4n) is 6.05.